The Balaban J connectivity index is 1.59. The number of methoxy groups -OCH3 is 1. The van der Waals surface area contributed by atoms with Crippen LogP contribution < -0.4 is 4.74 Å². The summed E-state index contributed by atoms with van der Waals surface area (Å²) in [5, 5.41) is 6.73. The second-order valence-corrected chi connectivity index (χ2v) is 6.81. The van der Waals surface area contributed by atoms with Crippen molar-refractivity contribution in [3.8, 4) is 5.75 Å². The van der Waals surface area contributed by atoms with Gasteiger partial charge in [-0.05, 0) is 43.0 Å². The molecular formula is C19H22F3N3O3. The maximum Gasteiger partial charge on any atom is 0.416 e. The Kier molecular flexibility index (Phi) is 6.23. The molecule has 0 spiro atoms. The number of piperidine rings is 1. The van der Waals surface area contributed by atoms with E-state index in [0.717, 1.165) is 25.0 Å². The van der Waals surface area contributed by atoms with Gasteiger partial charge < -0.3 is 14.4 Å². The zero-order valence-electron chi connectivity index (χ0n) is 15.5. The number of H-pyrrole nitrogens is 1. The number of benzene rings is 1. The lowest BCUT2D eigenvalue weighted by molar-refractivity contribution is -0.137. The van der Waals surface area contributed by atoms with Crippen molar-refractivity contribution in [3.05, 3.63) is 47.3 Å². The average Bonchev–Trinajstić information content (AvgIpc) is 3.15. The van der Waals surface area contributed by atoms with Crippen molar-refractivity contribution in [2.75, 3.05) is 26.8 Å². The minimum Gasteiger partial charge on any atom is -0.487 e. The smallest absolute Gasteiger partial charge is 0.416 e. The molecule has 152 valence electrons. The maximum atomic E-state index is 12.8. The minimum atomic E-state index is -4.43. The number of carbonyl (C=O) groups excluding carboxylic acids is 1. The van der Waals surface area contributed by atoms with Crippen LogP contribution in [-0.4, -0.2) is 47.8 Å². The maximum absolute atomic E-state index is 12.8. The molecule has 1 aromatic heterocycles. The van der Waals surface area contributed by atoms with Crippen molar-refractivity contribution in [1.82, 2.24) is 15.1 Å². The first-order valence-electron chi connectivity index (χ1n) is 8.99. The van der Waals surface area contributed by atoms with Crippen molar-refractivity contribution in [1.29, 1.82) is 0 Å². The van der Waals surface area contributed by atoms with Gasteiger partial charge in [0.25, 0.3) is 5.91 Å². The average molecular weight is 397 g/mol. The van der Waals surface area contributed by atoms with Gasteiger partial charge in [-0.1, -0.05) is 6.07 Å². The number of ether oxygens (including phenoxy) is 2. The zero-order chi connectivity index (χ0) is 20.1. The molecule has 1 aliphatic heterocycles. The lowest BCUT2D eigenvalue weighted by Gasteiger charge is -2.31. The van der Waals surface area contributed by atoms with E-state index < -0.39 is 11.7 Å². The first kappa shape index (κ1) is 20.2. The minimum absolute atomic E-state index is 0.0200. The van der Waals surface area contributed by atoms with Crippen LogP contribution in [0.3, 0.4) is 0 Å². The normalized spacial score (nSPS) is 17.6. The van der Waals surface area contributed by atoms with Crippen molar-refractivity contribution < 1.29 is 27.4 Å². The van der Waals surface area contributed by atoms with E-state index in [2.05, 4.69) is 10.2 Å². The van der Waals surface area contributed by atoms with Gasteiger partial charge in [0, 0.05) is 20.2 Å². The molecule has 28 heavy (non-hydrogen) atoms. The Labute approximate surface area is 160 Å². The van der Waals surface area contributed by atoms with Crippen LogP contribution in [0.1, 0.15) is 34.6 Å². The molecule has 1 unspecified atom stereocenters. The van der Waals surface area contributed by atoms with Gasteiger partial charge in [0.15, 0.2) is 5.69 Å². The molecule has 0 saturated carbocycles. The number of halogens is 3. The first-order chi connectivity index (χ1) is 13.4. The quantitative estimate of drug-likeness (QED) is 0.810. The summed E-state index contributed by atoms with van der Waals surface area (Å²) in [6.45, 7) is 1.88. The highest BCUT2D eigenvalue weighted by atomic mass is 19.4. The molecule has 1 fully saturated rings. The van der Waals surface area contributed by atoms with Crippen LogP contribution in [0.2, 0.25) is 0 Å². The number of amides is 1. The topological polar surface area (TPSA) is 67.4 Å². The van der Waals surface area contributed by atoms with E-state index in [1.54, 1.807) is 18.1 Å². The van der Waals surface area contributed by atoms with Crippen molar-refractivity contribution in [2.24, 2.45) is 5.92 Å². The fraction of sp³-hybridized carbons (Fsp3) is 0.474. The molecule has 1 N–H and O–H groups in total. The Morgan fingerprint density at radius 1 is 1.36 bits per heavy atom. The molecule has 2 heterocycles. The standard InChI is InChI=1S/C19H22F3N3O3/c1-27-11-13-4-3-7-25(10-13)18(26)17-9-15(23-24-17)12-28-16-6-2-5-14(8-16)19(20,21)22/h2,5-6,8-9,13H,3-4,7,10-12H2,1H3,(H,23,24). The fourth-order valence-corrected chi connectivity index (χ4v) is 3.25. The lowest BCUT2D eigenvalue weighted by atomic mass is 9.99. The predicted octanol–water partition coefficient (Wildman–Crippen LogP) is 3.51. The van der Waals surface area contributed by atoms with Crippen molar-refractivity contribution in [3.63, 3.8) is 0 Å². The van der Waals surface area contributed by atoms with E-state index in [0.29, 0.717) is 31.3 Å². The van der Waals surface area contributed by atoms with Crippen LogP contribution in [0.4, 0.5) is 13.2 Å². The summed E-state index contributed by atoms with van der Waals surface area (Å²) in [4.78, 5) is 14.4. The van der Waals surface area contributed by atoms with Gasteiger partial charge in [-0.25, -0.2) is 0 Å². The number of aromatic nitrogens is 2. The van der Waals surface area contributed by atoms with Crippen molar-refractivity contribution in [2.45, 2.75) is 25.6 Å². The summed E-state index contributed by atoms with van der Waals surface area (Å²) >= 11 is 0. The Morgan fingerprint density at radius 3 is 2.93 bits per heavy atom. The highest BCUT2D eigenvalue weighted by molar-refractivity contribution is 5.92. The fourth-order valence-electron chi connectivity index (χ4n) is 3.25. The van der Waals surface area contributed by atoms with E-state index in [4.69, 9.17) is 9.47 Å². The van der Waals surface area contributed by atoms with Gasteiger partial charge in [-0.15, -0.1) is 0 Å². The van der Waals surface area contributed by atoms with Crippen LogP contribution in [0.15, 0.2) is 30.3 Å². The third-order valence-corrected chi connectivity index (χ3v) is 4.61. The summed E-state index contributed by atoms with van der Waals surface area (Å²) in [5.41, 5.74) is -0.00638. The van der Waals surface area contributed by atoms with E-state index in [1.165, 1.54) is 12.1 Å². The summed E-state index contributed by atoms with van der Waals surface area (Å²) in [6.07, 6.45) is -2.49. The first-order valence-corrected chi connectivity index (χ1v) is 8.99. The molecule has 1 aromatic carbocycles. The largest absolute Gasteiger partial charge is 0.487 e. The van der Waals surface area contributed by atoms with E-state index in [9.17, 15) is 18.0 Å². The number of nitrogens with zero attached hydrogens (tertiary/aromatic N) is 2. The monoisotopic (exact) mass is 397 g/mol. The Bertz CT molecular complexity index is 805. The van der Waals surface area contributed by atoms with Gasteiger partial charge in [0.1, 0.15) is 12.4 Å². The molecule has 0 radical (unpaired) electrons. The third-order valence-electron chi connectivity index (χ3n) is 4.61. The molecule has 1 saturated heterocycles. The summed E-state index contributed by atoms with van der Waals surface area (Å²) in [6, 6.07) is 6.21. The van der Waals surface area contributed by atoms with Crippen LogP contribution in [0, 0.1) is 5.92 Å². The summed E-state index contributed by atoms with van der Waals surface area (Å²) in [5.74, 6) is 0.225. The Morgan fingerprint density at radius 2 is 2.18 bits per heavy atom. The molecule has 0 aliphatic carbocycles. The van der Waals surface area contributed by atoms with E-state index >= 15 is 0 Å². The van der Waals surface area contributed by atoms with Gasteiger partial charge in [0.2, 0.25) is 0 Å². The third kappa shape index (κ3) is 5.03. The summed E-state index contributed by atoms with van der Waals surface area (Å²) < 4.78 is 48.8. The number of rotatable bonds is 6. The molecule has 0 bridgehead atoms. The number of alkyl halides is 3. The SMILES string of the molecule is COCC1CCCN(C(=O)c2cc(COc3cccc(C(F)(F)F)c3)[nH]n2)C1. The van der Waals surface area contributed by atoms with Gasteiger partial charge in [-0.3, -0.25) is 9.89 Å². The lowest BCUT2D eigenvalue weighted by Crippen LogP contribution is -2.41. The molecule has 6 nitrogen and oxygen atoms in total. The van der Waals surface area contributed by atoms with Crippen LogP contribution in [0.5, 0.6) is 5.75 Å². The predicted molar refractivity (Wildman–Crippen MR) is 94.9 cm³/mol. The Hall–Kier alpha value is -2.55. The number of hydrogen-bond acceptors (Lipinski definition) is 4. The number of hydrogen-bond donors (Lipinski definition) is 1. The molecule has 1 aliphatic rings. The van der Waals surface area contributed by atoms with E-state index in [1.807, 2.05) is 0 Å². The molecule has 3 rings (SSSR count). The highest BCUT2D eigenvalue weighted by Crippen LogP contribution is 2.31. The second-order valence-electron chi connectivity index (χ2n) is 6.81. The highest BCUT2D eigenvalue weighted by Gasteiger charge is 2.30. The number of aromatic amines is 1. The molecule has 9 heteroatoms. The second kappa shape index (κ2) is 8.64. The summed E-state index contributed by atoms with van der Waals surface area (Å²) in [7, 11) is 1.64. The van der Waals surface area contributed by atoms with Crippen molar-refractivity contribution >= 4 is 5.91 Å². The molecule has 1 amide bonds. The molecular weight excluding hydrogens is 375 g/mol. The molecule has 1 atom stereocenters. The van der Waals surface area contributed by atoms with E-state index in [-0.39, 0.29) is 24.0 Å². The number of likely N-dealkylation sites (tertiary alicyclic amines) is 1. The zero-order valence-corrected chi connectivity index (χ0v) is 15.5. The van der Waals surface area contributed by atoms with Gasteiger partial charge in [0.05, 0.1) is 17.9 Å². The van der Waals surface area contributed by atoms with Gasteiger partial charge in [-0.2, -0.15) is 18.3 Å². The van der Waals surface area contributed by atoms with Gasteiger partial charge >= 0.3 is 6.18 Å². The van der Waals surface area contributed by atoms with Crippen LogP contribution in [0.25, 0.3) is 0 Å². The molecule has 2 aromatic rings. The number of nitrogens with one attached hydrogen (secondary N) is 1. The van der Waals surface area contributed by atoms with Crippen LogP contribution >= 0.6 is 0 Å². The number of carbonyl (C=O) groups is 1. The van der Waals surface area contributed by atoms with Crippen LogP contribution in [-0.2, 0) is 17.5 Å².